The number of ether oxygens (including phenoxy) is 3. The van der Waals surface area contributed by atoms with E-state index in [2.05, 4.69) is 10.1 Å². The topological polar surface area (TPSA) is 90.9 Å². The third kappa shape index (κ3) is 9.19. The van der Waals surface area contributed by atoms with Gasteiger partial charge in [-0.1, -0.05) is 37.3 Å². The Kier molecular flexibility index (Phi) is 8.94. The molecule has 1 N–H and O–H groups in total. The fraction of sp³-hybridized carbons (Fsp3) is 0.550. The number of benzene rings is 1. The van der Waals surface area contributed by atoms with Gasteiger partial charge in [0.1, 0.15) is 11.6 Å². The number of Topliss-reactive ketones (excluding diaryl/α,β-unsaturated/α-hetero) is 1. The summed E-state index contributed by atoms with van der Waals surface area (Å²) in [4.78, 5) is 36.2. The second kappa shape index (κ2) is 10.7. The maximum atomic E-state index is 12.6. The van der Waals surface area contributed by atoms with Gasteiger partial charge in [0.15, 0.2) is 5.78 Å². The van der Waals surface area contributed by atoms with E-state index in [9.17, 15) is 14.4 Å². The molecule has 1 aromatic rings. The van der Waals surface area contributed by atoms with Crippen molar-refractivity contribution in [2.75, 3.05) is 13.7 Å². The van der Waals surface area contributed by atoms with E-state index in [-0.39, 0.29) is 18.8 Å². The molecule has 0 spiro atoms. The average molecular weight is 379 g/mol. The van der Waals surface area contributed by atoms with Crippen LogP contribution in [0.1, 0.15) is 39.7 Å². The van der Waals surface area contributed by atoms with E-state index in [1.165, 1.54) is 7.11 Å². The molecule has 7 heteroatoms. The van der Waals surface area contributed by atoms with Crippen LogP contribution in [-0.4, -0.2) is 43.2 Å². The van der Waals surface area contributed by atoms with Crippen molar-refractivity contribution in [3.05, 3.63) is 35.9 Å². The van der Waals surface area contributed by atoms with Crippen molar-refractivity contribution in [2.24, 2.45) is 5.92 Å². The molecule has 0 aromatic heterocycles. The van der Waals surface area contributed by atoms with E-state index in [1.54, 1.807) is 27.7 Å². The molecule has 0 heterocycles. The highest BCUT2D eigenvalue weighted by Crippen LogP contribution is 2.11. The third-order valence-corrected chi connectivity index (χ3v) is 3.59. The first kappa shape index (κ1) is 22.6. The number of hydrogen-bond acceptors (Lipinski definition) is 6. The number of carbonyl (C=O) groups excluding carboxylic acids is 3. The van der Waals surface area contributed by atoms with Crippen LogP contribution in [0, 0.1) is 5.92 Å². The van der Waals surface area contributed by atoms with E-state index in [0.717, 1.165) is 5.56 Å². The van der Waals surface area contributed by atoms with Crippen LogP contribution in [-0.2, 0) is 30.4 Å². The Bertz CT molecular complexity index is 623. The molecular formula is C20H29NO6. The molecule has 2 atom stereocenters. The summed E-state index contributed by atoms with van der Waals surface area (Å²) in [6.45, 7) is 7.06. The summed E-state index contributed by atoms with van der Waals surface area (Å²) in [7, 11) is 1.27. The van der Waals surface area contributed by atoms with E-state index >= 15 is 0 Å². The summed E-state index contributed by atoms with van der Waals surface area (Å²) in [5, 5.41) is 2.53. The van der Waals surface area contributed by atoms with Crippen LogP contribution in [0.2, 0.25) is 0 Å². The molecule has 0 aliphatic heterocycles. The standard InChI is InChI=1S/C20H29NO6/c1-14(18(23)25-5)11-17(22)16(21-19(24)27-20(2,3)4)13-26-12-15-9-7-6-8-10-15/h6-10,14,16H,11-13H2,1-5H3,(H,21,24)/t14-,16+/m1/s1. The average Bonchev–Trinajstić information content (AvgIpc) is 2.59. The first-order valence-electron chi connectivity index (χ1n) is 8.84. The molecule has 0 aliphatic carbocycles. The van der Waals surface area contributed by atoms with Gasteiger partial charge >= 0.3 is 12.1 Å². The number of ketones is 1. The maximum Gasteiger partial charge on any atom is 0.408 e. The smallest absolute Gasteiger partial charge is 0.408 e. The van der Waals surface area contributed by atoms with Crippen LogP contribution in [0.3, 0.4) is 0 Å². The van der Waals surface area contributed by atoms with Gasteiger partial charge < -0.3 is 19.5 Å². The Hall–Kier alpha value is -2.41. The summed E-state index contributed by atoms with van der Waals surface area (Å²) < 4.78 is 15.4. The van der Waals surface area contributed by atoms with Crippen LogP contribution in [0.15, 0.2) is 30.3 Å². The Morgan fingerprint density at radius 2 is 1.74 bits per heavy atom. The molecule has 7 nitrogen and oxygen atoms in total. The summed E-state index contributed by atoms with van der Waals surface area (Å²) in [6, 6.07) is 8.55. The molecule has 0 aliphatic rings. The number of hydrogen-bond donors (Lipinski definition) is 1. The third-order valence-electron chi connectivity index (χ3n) is 3.59. The minimum absolute atomic E-state index is 0.0269. The van der Waals surface area contributed by atoms with Gasteiger partial charge in [-0.15, -0.1) is 0 Å². The lowest BCUT2D eigenvalue weighted by Gasteiger charge is -2.23. The molecule has 0 saturated carbocycles. The summed E-state index contributed by atoms with van der Waals surface area (Å²) in [5.74, 6) is -1.42. The van der Waals surface area contributed by atoms with E-state index in [0.29, 0.717) is 6.61 Å². The first-order valence-corrected chi connectivity index (χ1v) is 8.84. The van der Waals surface area contributed by atoms with Crippen molar-refractivity contribution in [1.29, 1.82) is 0 Å². The van der Waals surface area contributed by atoms with Crippen molar-refractivity contribution < 1.29 is 28.6 Å². The number of esters is 1. The van der Waals surface area contributed by atoms with Gasteiger partial charge in [0.25, 0.3) is 0 Å². The lowest BCUT2D eigenvalue weighted by molar-refractivity contribution is -0.146. The lowest BCUT2D eigenvalue weighted by Crippen LogP contribution is -2.46. The molecule has 0 bridgehead atoms. The van der Waals surface area contributed by atoms with Gasteiger partial charge in [-0.2, -0.15) is 0 Å². The molecule has 150 valence electrons. The predicted molar refractivity (Wildman–Crippen MR) is 100 cm³/mol. The van der Waals surface area contributed by atoms with Crippen LogP contribution < -0.4 is 5.32 Å². The minimum atomic E-state index is -0.921. The monoisotopic (exact) mass is 379 g/mol. The van der Waals surface area contributed by atoms with E-state index in [1.807, 2.05) is 30.3 Å². The highest BCUT2D eigenvalue weighted by molar-refractivity contribution is 5.90. The summed E-state index contributed by atoms with van der Waals surface area (Å²) >= 11 is 0. The molecule has 0 unspecified atom stereocenters. The van der Waals surface area contributed by atoms with Crippen molar-refractivity contribution >= 4 is 17.8 Å². The molecule has 0 radical (unpaired) electrons. The number of methoxy groups -OCH3 is 1. The Morgan fingerprint density at radius 3 is 2.30 bits per heavy atom. The van der Waals surface area contributed by atoms with Crippen LogP contribution in [0.5, 0.6) is 0 Å². The normalized spacial score (nSPS) is 13.4. The fourth-order valence-electron chi connectivity index (χ4n) is 2.26. The number of alkyl carbamates (subject to hydrolysis) is 1. The minimum Gasteiger partial charge on any atom is -0.469 e. The summed E-state index contributed by atoms with van der Waals surface area (Å²) in [5.41, 5.74) is 0.255. The van der Waals surface area contributed by atoms with Gasteiger partial charge in [-0.25, -0.2) is 4.79 Å². The number of rotatable bonds is 9. The zero-order valence-electron chi connectivity index (χ0n) is 16.6. The molecule has 1 amide bonds. The number of amides is 1. The summed E-state index contributed by atoms with van der Waals surface area (Å²) in [6.07, 6.45) is -0.781. The quantitative estimate of drug-likeness (QED) is 0.664. The first-order chi connectivity index (χ1) is 12.6. The second-order valence-corrected chi connectivity index (χ2v) is 7.29. The van der Waals surface area contributed by atoms with Crippen LogP contribution in [0.4, 0.5) is 4.79 Å². The molecule has 0 fully saturated rings. The largest absolute Gasteiger partial charge is 0.469 e. The molecule has 1 aromatic carbocycles. The highest BCUT2D eigenvalue weighted by Gasteiger charge is 2.27. The van der Waals surface area contributed by atoms with Crippen molar-refractivity contribution in [1.82, 2.24) is 5.32 Å². The van der Waals surface area contributed by atoms with Gasteiger partial charge in [-0.05, 0) is 26.3 Å². The molecule has 0 saturated heterocycles. The number of carbonyl (C=O) groups is 3. The van der Waals surface area contributed by atoms with E-state index < -0.39 is 29.6 Å². The molecule has 1 rings (SSSR count). The van der Waals surface area contributed by atoms with Gasteiger partial charge in [0.2, 0.25) is 0 Å². The van der Waals surface area contributed by atoms with Crippen molar-refractivity contribution in [3.63, 3.8) is 0 Å². The van der Waals surface area contributed by atoms with Crippen LogP contribution in [0.25, 0.3) is 0 Å². The Balaban J connectivity index is 2.70. The van der Waals surface area contributed by atoms with Gasteiger partial charge in [0.05, 0.1) is 26.2 Å². The van der Waals surface area contributed by atoms with Gasteiger partial charge in [-0.3, -0.25) is 9.59 Å². The second-order valence-electron chi connectivity index (χ2n) is 7.29. The maximum absolute atomic E-state index is 12.6. The van der Waals surface area contributed by atoms with Gasteiger partial charge in [0, 0.05) is 6.42 Å². The predicted octanol–water partition coefficient (Wildman–Crippen LogP) is 2.86. The molecular weight excluding hydrogens is 350 g/mol. The fourth-order valence-corrected chi connectivity index (χ4v) is 2.26. The number of nitrogens with one attached hydrogen (secondary N) is 1. The highest BCUT2D eigenvalue weighted by atomic mass is 16.6. The Morgan fingerprint density at radius 1 is 1.11 bits per heavy atom. The van der Waals surface area contributed by atoms with E-state index in [4.69, 9.17) is 9.47 Å². The molecule has 27 heavy (non-hydrogen) atoms. The zero-order chi connectivity index (χ0) is 20.4. The Labute approximate surface area is 160 Å². The van der Waals surface area contributed by atoms with Crippen molar-refractivity contribution in [2.45, 2.75) is 52.4 Å². The van der Waals surface area contributed by atoms with Crippen molar-refractivity contribution in [3.8, 4) is 0 Å². The lowest BCUT2D eigenvalue weighted by atomic mass is 10.0. The van der Waals surface area contributed by atoms with Crippen LogP contribution >= 0.6 is 0 Å². The SMILES string of the molecule is COC(=O)[C@H](C)CC(=O)[C@H](COCc1ccccc1)NC(=O)OC(C)(C)C. The zero-order valence-corrected chi connectivity index (χ0v) is 16.6.